The molecule has 16 heavy (non-hydrogen) atoms. The highest BCUT2D eigenvalue weighted by Crippen LogP contribution is 2.25. The topological polar surface area (TPSA) is 78.3 Å². The summed E-state index contributed by atoms with van der Waals surface area (Å²) < 4.78 is 5.01. The van der Waals surface area contributed by atoms with E-state index in [0.717, 1.165) is 5.56 Å². The fourth-order valence-electron chi connectivity index (χ4n) is 1.18. The van der Waals surface area contributed by atoms with Gasteiger partial charge in [0.15, 0.2) is 0 Å². The summed E-state index contributed by atoms with van der Waals surface area (Å²) in [6.07, 6.45) is 0. The number of ether oxygens (including phenoxy) is 1. The molecule has 0 saturated carbocycles. The van der Waals surface area contributed by atoms with Crippen LogP contribution in [0.25, 0.3) is 0 Å². The molecule has 1 amide bonds. The van der Waals surface area contributed by atoms with Crippen LogP contribution in [-0.2, 0) is 9.53 Å². The molecule has 0 radical (unpaired) electrons. The zero-order chi connectivity index (χ0) is 12.1. The van der Waals surface area contributed by atoms with Gasteiger partial charge in [-0.2, -0.15) is 0 Å². The van der Waals surface area contributed by atoms with E-state index in [1.165, 1.54) is 0 Å². The summed E-state index contributed by atoms with van der Waals surface area (Å²) in [7, 11) is 0. The SMILES string of the molecule is NC(=O)COCC(N)c1ccc(Cl)cc1Cl. The second-order valence-electron chi connectivity index (χ2n) is 3.25. The Morgan fingerprint density at radius 1 is 1.44 bits per heavy atom. The zero-order valence-corrected chi connectivity index (χ0v) is 9.96. The molecule has 4 nitrogen and oxygen atoms in total. The third-order valence-corrected chi connectivity index (χ3v) is 2.47. The molecule has 1 aromatic carbocycles. The van der Waals surface area contributed by atoms with Gasteiger partial charge in [0.05, 0.1) is 12.6 Å². The number of amides is 1. The molecule has 0 saturated heterocycles. The van der Waals surface area contributed by atoms with Crippen LogP contribution in [0.15, 0.2) is 18.2 Å². The first-order valence-electron chi connectivity index (χ1n) is 4.57. The van der Waals surface area contributed by atoms with Crippen molar-refractivity contribution in [2.24, 2.45) is 11.5 Å². The van der Waals surface area contributed by atoms with Gasteiger partial charge in [-0.3, -0.25) is 4.79 Å². The van der Waals surface area contributed by atoms with E-state index in [1.807, 2.05) is 0 Å². The Balaban J connectivity index is 2.58. The van der Waals surface area contributed by atoms with Crippen molar-refractivity contribution in [1.82, 2.24) is 0 Å². The van der Waals surface area contributed by atoms with E-state index in [0.29, 0.717) is 10.0 Å². The van der Waals surface area contributed by atoms with Gasteiger partial charge >= 0.3 is 0 Å². The number of primary amides is 1. The highest BCUT2D eigenvalue weighted by atomic mass is 35.5. The lowest BCUT2D eigenvalue weighted by Crippen LogP contribution is -2.23. The van der Waals surface area contributed by atoms with E-state index in [2.05, 4.69) is 0 Å². The summed E-state index contributed by atoms with van der Waals surface area (Å²) in [5.74, 6) is -0.533. The van der Waals surface area contributed by atoms with Crippen molar-refractivity contribution in [2.45, 2.75) is 6.04 Å². The predicted molar refractivity (Wildman–Crippen MR) is 63.4 cm³/mol. The number of benzene rings is 1. The summed E-state index contributed by atoms with van der Waals surface area (Å²) in [5.41, 5.74) is 11.5. The maximum Gasteiger partial charge on any atom is 0.243 e. The average Bonchev–Trinajstić information content (AvgIpc) is 2.16. The summed E-state index contributed by atoms with van der Waals surface area (Å²) >= 11 is 11.7. The Morgan fingerprint density at radius 3 is 2.69 bits per heavy atom. The molecule has 0 aliphatic rings. The van der Waals surface area contributed by atoms with Crippen molar-refractivity contribution < 1.29 is 9.53 Å². The Kier molecular flexibility index (Phi) is 5.02. The molecule has 0 aliphatic heterocycles. The van der Waals surface area contributed by atoms with Crippen LogP contribution in [0.5, 0.6) is 0 Å². The van der Waals surface area contributed by atoms with Crippen LogP contribution in [0, 0.1) is 0 Å². The van der Waals surface area contributed by atoms with E-state index >= 15 is 0 Å². The van der Waals surface area contributed by atoms with Gasteiger partial charge in [-0.1, -0.05) is 29.3 Å². The first-order chi connectivity index (χ1) is 7.50. The maximum atomic E-state index is 10.4. The van der Waals surface area contributed by atoms with Crippen LogP contribution in [-0.4, -0.2) is 19.1 Å². The van der Waals surface area contributed by atoms with Gasteiger partial charge in [0.25, 0.3) is 0 Å². The Hall–Kier alpha value is -0.810. The largest absolute Gasteiger partial charge is 0.370 e. The molecule has 0 heterocycles. The molecule has 0 spiro atoms. The molecule has 1 rings (SSSR count). The van der Waals surface area contributed by atoms with Gasteiger partial charge in [-0.25, -0.2) is 0 Å². The van der Waals surface area contributed by atoms with Crippen molar-refractivity contribution in [1.29, 1.82) is 0 Å². The van der Waals surface area contributed by atoms with Crippen molar-refractivity contribution in [3.05, 3.63) is 33.8 Å². The normalized spacial score (nSPS) is 12.4. The van der Waals surface area contributed by atoms with Crippen molar-refractivity contribution in [3.63, 3.8) is 0 Å². The van der Waals surface area contributed by atoms with E-state index in [1.54, 1.807) is 18.2 Å². The maximum absolute atomic E-state index is 10.4. The van der Waals surface area contributed by atoms with E-state index in [9.17, 15) is 4.79 Å². The fraction of sp³-hybridized carbons (Fsp3) is 0.300. The minimum Gasteiger partial charge on any atom is -0.370 e. The number of rotatable bonds is 5. The molecule has 1 atom stereocenters. The third-order valence-electron chi connectivity index (χ3n) is 1.90. The first-order valence-corrected chi connectivity index (χ1v) is 5.33. The second kappa shape index (κ2) is 6.06. The van der Waals surface area contributed by atoms with Gasteiger partial charge in [0.2, 0.25) is 5.91 Å². The van der Waals surface area contributed by atoms with E-state index in [-0.39, 0.29) is 13.2 Å². The van der Waals surface area contributed by atoms with Gasteiger partial charge in [-0.05, 0) is 17.7 Å². The molecule has 0 aromatic heterocycles. The zero-order valence-electron chi connectivity index (χ0n) is 8.45. The highest BCUT2D eigenvalue weighted by Gasteiger charge is 2.11. The summed E-state index contributed by atoms with van der Waals surface area (Å²) in [6.45, 7) is 0.0171. The molecule has 0 fully saturated rings. The Morgan fingerprint density at radius 2 is 2.12 bits per heavy atom. The molecule has 1 unspecified atom stereocenters. The predicted octanol–water partition coefficient (Wildman–Crippen LogP) is 1.50. The van der Waals surface area contributed by atoms with Gasteiger partial charge in [-0.15, -0.1) is 0 Å². The minimum atomic E-state index is -0.533. The lowest BCUT2D eigenvalue weighted by atomic mass is 10.1. The lowest BCUT2D eigenvalue weighted by Gasteiger charge is -2.13. The van der Waals surface area contributed by atoms with E-state index < -0.39 is 11.9 Å². The number of hydrogen-bond donors (Lipinski definition) is 2. The van der Waals surface area contributed by atoms with Gasteiger partial charge in [0, 0.05) is 10.0 Å². The van der Waals surface area contributed by atoms with Crippen LogP contribution in [0.2, 0.25) is 10.0 Å². The van der Waals surface area contributed by atoms with Crippen molar-refractivity contribution in [3.8, 4) is 0 Å². The van der Waals surface area contributed by atoms with Crippen LogP contribution in [0.3, 0.4) is 0 Å². The number of halogens is 2. The van der Waals surface area contributed by atoms with Crippen LogP contribution >= 0.6 is 23.2 Å². The molecular weight excluding hydrogens is 251 g/mol. The molecular formula is C10H12Cl2N2O2. The van der Waals surface area contributed by atoms with Crippen molar-refractivity contribution in [2.75, 3.05) is 13.2 Å². The van der Waals surface area contributed by atoms with Gasteiger partial charge < -0.3 is 16.2 Å². The number of hydrogen-bond acceptors (Lipinski definition) is 3. The first kappa shape index (κ1) is 13.3. The molecule has 4 N–H and O–H groups in total. The number of nitrogens with two attached hydrogens (primary N) is 2. The van der Waals surface area contributed by atoms with Crippen molar-refractivity contribution >= 4 is 29.1 Å². The quantitative estimate of drug-likeness (QED) is 0.844. The smallest absolute Gasteiger partial charge is 0.243 e. The monoisotopic (exact) mass is 262 g/mol. The summed E-state index contributed by atoms with van der Waals surface area (Å²) in [4.78, 5) is 10.4. The summed E-state index contributed by atoms with van der Waals surface area (Å²) in [6, 6.07) is 4.61. The Bertz CT molecular complexity index is 385. The Labute approximate surface area is 103 Å². The lowest BCUT2D eigenvalue weighted by molar-refractivity contribution is -0.122. The van der Waals surface area contributed by atoms with E-state index in [4.69, 9.17) is 39.4 Å². The third kappa shape index (κ3) is 3.98. The van der Waals surface area contributed by atoms with Crippen LogP contribution < -0.4 is 11.5 Å². The average molecular weight is 263 g/mol. The number of carbonyl (C=O) groups is 1. The standard InChI is InChI=1S/C10H12Cl2N2O2/c11-6-1-2-7(8(12)3-6)9(13)4-16-5-10(14)15/h1-3,9H,4-5,13H2,(H2,14,15). The minimum absolute atomic E-state index is 0.154. The molecule has 1 aromatic rings. The van der Waals surface area contributed by atoms with Gasteiger partial charge in [0.1, 0.15) is 6.61 Å². The van der Waals surface area contributed by atoms with Crippen LogP contribution in [0.4, 0.5) is 0 Å². The molecule has 6 heteroatoms. The molecule has 88 valence electrons. The van der Waals surface area contributed by atoms with Crippen LogP contribution in [0.1, 0.15) is 11.6 Å². The highest BCUT2D eigenvalue weighted by molar-refractivity contribution is 6.35. The molecule has 0 bridgehead atoms. The summed E-state index contributed by atoms with van der Waals surface area (Å²) in [5, 5.41) is 1.02. The second-order valence-corrected chi connectivity index (χ2v) is 4.10. The molecule has 0 aliphatic carbocycles. The fourth-order valence-corrected chi connectivity index (χ4v) is 1.73. The number of carbonyl (C=O) groups excluding carboxylic acids is 1.